The van der Waals surface area contributed by atoms with Crippen molar-refractivity contribution in [1.82, 2.24) is 14.5 Å². The molecule has 3 rings (SSSR count). The minimum atomic E-state index is 0. The maximum atomic E-state index is 12.3. The Labute approximate surface area is 144 Å². The summed E-state index contributed by atoms with van der Waals surface area (Å²) in [5.74, 6) is 0.713. The highest BCUT2D eigenvalue weighted by molar-refractivity contribution is 5.85. The number of piperidine rings is 1. The van der Waals surface area contributed by atoms with E-state index in [4.69, 9.17) is 5.73 Å². The van der Waals surface area contributed by atoms with Crippen LogP contribution in [0.4, 0.5) is 0 Å². The molecule has 126 valence electrons. The molecule has 22 heavy (non-hydrogen) atoms. The van der Waals surface area contributed by atoms with E-state index in [0.717, 1.165) is 38.8 Å². The fourth-order valence-corrected chi connectivity index (χ4v) is 3.57. The molecule has 1 saturated carbocycles. The van der Waals surface area contributed by atoms with Gasteiger partial charge in [0.15, 0.2) is 0 Å². The smallest absolute Gasteiger partial charge is 0.222 e. The van der Waals surface area contributed by atoms with Crippen molar-refractivity contribution in [3.63, 3.8) is 0 Å². The van der Waals surface area contributed by atoms with Gasteiger partial charge in [0, 0.05) is 44.0 Å². The van der Waals surface area contributed by atoms with E-state index < -0.39 is 0 Å². The molecule has 5 nitrogen and oxygen atoms in total. The summed E-state index contributed by atoms with van der Waals surface area (Å²) >= 11 is 0. The van der Waals surface area contributed by atoms with E-state index in [1.54, 1.807) is 0 Å². The average Bonchev–Trinajstić information content (AvgIpc) is 3.12. The van der Waals surface area contributed by atoms with E-state index in [9.17, 15) is 4.79 Å². The number of halogens is 2. The second-order valence-corrected chi connectivity index (χ2v) is 6.18. The first-order valence-corrected chi connectivity index (χ1v) is 7.75. The Morgan fingerprint density at radius 2 is 1.91 bits per heavy atom. The third-order valence-electron chi connectivity index (χ3n) is 4.92. The van der Waals surface area contributed by atoms with Crippen molar-refractivity contribution in [3.8, 4) is 0 Å². The lowest BCUT2D eigenvalue weighted by molar-refractivity contribution is -0.133. The number of imidazole rings is 1. The molecule has 2 aliphatic rings. The Bertz CT molecular complexity index is 446. The number of amides is 1. The zero-order valence-corrected chi connectivity index (χ0v) is 14.4. The summed E-state index contributed by atoms with van der Waals surface area (Å²) in [5, 5.41) is 0. The first kappa shape index (κ1) is 19.3. The highest BCUT2D eigenvalue weighted by atomic mass is 35.5. The number of hydrogen-bond acceptors (Lipinski definition) is 3. The van der Waals surface area contributed by atoms with Crippen LogP contribution in [0.15, 0.2) is 18.7 Å². The van der Waals surface area contributed by atoms with E-state index in [0.29, 0.717) is 24.3 Å². The zero-order chi connectivity index (χ0) is 13.9. The van der Waals surface area contributed by atoms with Gasteiger partial charge in [-0.2, -0.15) is 0 Å². The summed E-state index contributed by atoms with van der Waals surface area (Å²) in [6.45, 7) is 1.73. The summed E-state index contributed by atoms with van der Waals surface area (Å²) in [5.41, 5.74) is 6.06. The summed E-state index contributed by atoms with van der Waals surface area (Å²) in [6.07, 6.45) is 11.8. The Hall–Kier alpha value is -0.780. The van der Waals surface area contributed by atoms with Gasteiger partial charge in [-0.15, -0.1) is 24.8 Å². The molecule has 0 unspecified atom stereocenters. The van der Waals surface area contributed by atoms with Crippen LogP contribution in [0.5, 0.6) is 0 Å². The third-order valence-corrected chi connectivity index (χ3v) is 4.92. The highest BCUT2D eigenvalue weighted by Gasteiger charge is 2.29. The van der Waals surface area contributed by atoms with Gasteiger partial charge in [-0.05, 0) is 31.6 Å². The van der Waals surface area contributed by atoms with Crippen molar-refractivity contribution in [2.24, 2.45) is 11.7 Å². The Balaban J connectivity index is 0.00000121. The predicted octanol–water partition coefficient (Wildman–Crippen LogP) is 2.41. The number of nitrogens with zero attached hydrogens (tertiary/aromatic N) is 3. The zero-order valence-electron chi connectivity index (χ0n) is 12.8. The standard InChI is InChI=1S/C15H24N4O.2ClH/c16-14-3-1-2-12(14)10-15(20)18-7-4-13(5-8-18)19-9-6-17-11-19;;/h6,9,11-14H,1-5,7-8,10,16H2;2*1H/t12-,14+;;/m0../s1. The lowest BCUT2D eigenvalue weighted by Crippen LogP contribution is -2.40. The highest BCUT2D eigenvalue weighted by Crippen LogP contribution is 2.29. The maximum Gasteiger partial charge on any atom is 0.222 e. The minimum Gasteiger partial charge on any atom is -0.343 e. The monoisotopic (exact) mass is 348 g/mol. The van der Waals surface area contributed by atoms with Crippen molar-refractivity contribution in [1.29, 1.82) is 0 Å². The normalized spacial score (nSPS) is 25.4. The molecule has 1 saturated heterocycles. The Morgan fingerprint density at radius 3 is 2.45 bits per heavy atom. The van der Waals surface area contributed by atoms with Gasteiger partial charge in [0.1, 0.15) is 0 Å². The number of hydrogen-bond donors (Lipinski definition) is 1. The molecule has 0 bridgehead atoms. The van der Waals surface area contributed by atoms with E-state index in [1.807, 2.05) is 23.6 Å². The van der Waals surface area contributed by atoms with Crippen LogP contribution in [0.25, 0.3) is 0 Å². The molecule has 7 heteroatoms. The molecule has 1 aromatic heterocycles. The van der Waals surface area contributed by atoms with Crippen LogP contribution >= 0.6 is 24.8 Å². The Morgan fingerprint density at radius 1 is 1.18 bits per heavy atom. The lowest BCUT2D eigenvalue weighted by Gasteiger charge is -2.33. The molecule has 0 spiro atoms. The van der Waals surface area contributed by atoms with Crippen molar-refractivity contribution in [2.75, 3.05) is 13.1 Å². The molecule has 0 radical (unpaired) electrons. The van der Waals surface area contributed by atoms with E-state index >= 15 is 0 Å². The molecule has 1 aliphatic carbocycles. The minimum absolute atomic E-state index is 0. The summed E-state index contributed by atoms with van der Waals surface area (Å²) in [7, 11) is 0. The van der Waals surface area contributed by atoms with Gasteiger partial charge in [-0.25, -0.2) is 4.98 Å². The quantitative estimate of drug-likeness (QED) is 0.911. The number of carbonyl (C=O) groups is 1. The predicted molar refractivity (Wildman–Crippen MR) is 91.5 cm³/mol. The lowest BCUT2D eigenvalue weighted by atomic mass is 9.98. The largest absolute Gasteiger partial charge is 0.343 e. The van der Waals surface area contributed by atoms with Crippen molar-refractivity contribution < 1.29 is 4.79 Å². The SMILES string of the molecule is Cl.Cl.N[C@@H]1CCC[C@H]1CC(=O)N1CCC(n2ccnc2)CC1. The topological polar surface area (TPSA) is 64.2 Å². The van der Waals surface area contributed by atoms with E-state index in [1.165, 1.54) is 6.42 Å². The van der Waals surface area contributed by atoms with Crippen LogP contribution in [0, 0.1) is 5.92 Å². The van der Waals surface area contributed by atoms with Gasteiger partial charge in [0.25, 0.3) is 0 Å². The van der Waals surface area contributed by atoms with Gasteiger partial charge in [-0.1, -0.05) is 6.42 Å². The second kappa shape index (κ2) is 8.75. The molecular weight excluding hydrogens is 323 g/mol. The fraction of sp³-hybridized carbons (Fsp3) is 0.733. The molecular formula is C15H26Cl2N4O. The second-order valence-electron chi connectivity index (χ2n) is 6.18. The number of rotatable bonds is 3. The van der Waals surface area contributed by atoms with Crippen LogP contribution in [0.2, 0.25) is 0 Å². The van der Waals surface area contributed by atoms with Crippen LogP contribution in [0.3, 0.4) is 0 Å². The van der Waals surface area contributed by atoms with Gasteiger partial charge < -0.3 is 15.2 Å². The number of carbonyl (C=O) groups excluding carboxylic acids is 1. The summed E-state index contributed by atoms with van der Waals surface area (Å²) in [6, 6.07) is 0.734. The molecule has 1 aromatic rings. The van der Waals surface area contributed by atoms with Gasteiger partial charge in [-0.3, -0.25) is 4.79 Å². The average molecular weight is 349 g/mol. The van der Waals surface area contributed by atoms with Crippen molar-refractivity contribution in [2.45, 2.75) is 50.6 Å². The number of nitrogens with two attached hydrogens (primary N) is 1. The fourth-order valence-electron chi connectivity index (χ4n) is 3.57. The molecule has 1 aliphatic heterocycles. The molecule has 2 heterocycles. The van der Waals surface area contributed by atoms with E-state index in [2.05, 4.69) is 9.55 Å². The Kier molecular flexibility index (Phi) is 7.66. The third kappa shape index (κ3) is 4.37. The van der Waals surface area contributed by atoms with Gasteiger partial charge in [0.05, 0.1) is 6.33 Å². The molecule has 1 amide bonds. The first-order chi connectivity index (χ1) is 9.74. The van der Waals surface area contributed by atoms with Crippen LogP contribution < -0.4 is 5.73 Å². The van der Waals surface area contributed by atoms with Crippen molar-refractivity contribution >= 4 is 30.7 Å². The molecule has 2 N–H and O–H groups in total. The molecule has 2 atom stereocenters. The van der Waals surface area contributed by atoms with Gasteiger partial charge >= 0.3 is 0 Å². The number of aromatic nitrogens is 2. The van der Waals surface area contributed by atoms with Gasteiger partial charge in [0.2, 0.25) is 5.91 Å². The molecule has 0 aromatic carbocycles. The van der Waals surface area contributed by atoms with Crippen molar-refractivity contribution in [3.05, 3.63) is 18.7 Å². The van der Waals surface area contributed by atoms with Crippen LogP contribution in [-0.4, -0.2) is 39.5 Å². The number of likely N-dealkylation sites (tertiary alicyclic amines) is 1. The summed E-state index contributed by atoms with van der Waals surface area (Å²) in [4.78, 5) is 18.5. The molecule has 2 fully saturated rings. The van der Waals surface area contributed by atoms with E-state index in [-0.39, 0.29) is 30.9 Å². The van der Waals surface area contributed by atoms with Crippen LogP contribution in [-0.2, 0) is 4.79 Å². The summed E-state index contributed by atoms with van der Waals surface area (Å²) < 4.78 is 2.16. The maximum absolute atomic E-state index is 12.3. The first-order valence-electron chi connectivity index (χ1n) is 7.75. The van der Waals surface area contributed by atoms with Crippen LogP contribution in [0.1, 0.15) is 44.6 Å².